The fraction of sp³-hybridized carbons (Fsp3) is 0.200. The maximum atomic E-state index is 10.6. The van der Waals surface area contributed by atoms with Gasteiger partial charge in [0.1, 0.15) is 29.4 Å². The molecule has 0 aliphatic carbocycles. The summed E-state index contributed by atoms with van der Waals surface area (Å²) in [5.41, 5.74) is 2.81. The predicted octanol–water partition coefficient (Wildman–Crippen LogP) is 3.11. The van der Waals surface area contributed by atoms with E-state index in [-0.39, 0.29) is 6.61 Å². The molecule has 8 nitrogen and oxygen atoms in total. The molecule has 1 unspecified atom stereocenters. The molecule has 1 atom stereocenters. The van der Waals surface area contributed by atoms with Gasteiger partial charge in [-0.3, -0.25) is 9.88 Å². The number of aromatic nitrogens is 2. The van der Waals surface area contributed by atoms with Crippen LogP contribution in [0.25, 0.3) is 21.9 Å². The zero-order valence-corrected chi connectivity index (χ0v) is 15.1. The molecule has 4 aromatic rings. The van der Waals surface area contributed by atoms with Gasteiger partial charge in [-0.1, -0.05) is 0 Å². The number of furan rings is 1. The van der Waals surface area contributed by atoms with Crippen LogP contribution in [-0.4, -0.2) is 33.1 Å². The Morgan fingerprint density at radius 1 is 1.25 bits per heavy atom. The molecule has 28 heavy (non-hydrogen) atoms. The fourth-order valence-electron chi connectivity index (χ4n) is 3.58. The molecular weight excluding hydrogens is 360 g/mol. The van der Waals surface area contributed by atoms with Gasteiger partial charge in [0.25, 0.3) is 0 Å². The average molecular weight is 378 g/mol. The van der Waals surface area contributed by atoms with Crippen LogP contribution in [0.5, 0.6) is 5.75 Å². The second-order valence-electron chi connectivity index (χ2n) is 6.44. The SMILES string of the molecule is CCOc1ccnc2c1N(c1ccc3ncc4cc(CO)oc4c3c1)C(O)N2. The zero-order chi connectivity index (χ0) is 19.3. The number of benzene rings is 1. The quantitative estimate of drug-likeness (QED) is 0.498. The highest BCUT2D eigenvalue weighted by molar-refractivity contribution is 6.04. The number of pyridine rings is 2. The van der Waals surface area contributed by atoms with Gasteiger partial charge in [0, 0.05) is 34.9 Å². The third-order valence-corrected chi connectivity index (χ3v) is 4.75. The molecule has 0 saturated carbocycles. The molecule has 8 heteroatoms. The van der Waals surface area contributed by atoms with Gasteiger partial charge < -0.3 is 24.7 Å². The summed E-state index contributed by atoms with van der Waals surface area (Å²) >= 11 is 0. The summed E-state index contributed by atoms with van der Waals surface area (Å²) in [4.78, 5) is 10.5. The standard InChI is InChI=1S/C20H18N4O4/c1-2-27-16-5-6-21-19-17(16)24(20(26)23-19)12-3-4-15-14(8-12)18-11(9-22-15)7-13(10-25)28-18/h3-9,20,25-26H,2,10H2,1H3,(H,21,23). The van der Waals surface area contributed by atoms with Crippen molar-refractivity contribution in [2.24, 2.45) is 0 Å². The highest BCUT2D eigenvalue weighted by Gasteiger charge is 2.33. The Hall–Kier alpha value is -3.36. The highest BCUT2D eigenvalue weighted by atomic mass is 16.5. The second-order valence-corrected chi connectivity index (χ2v) is 6.44. The summed E-state index contributed by atoms with van der Waals surface area (Å²) < 4.78 is 11.5. The van der Waals surface area contributed by atoms with Crippen molar-refractivity contribution in [2.45, 2.75) is 19.9 Å². The molecule has 0 radical (unpaired) electrons. The van der Waals surface area contributed by atoms with Crippen molar-refractivity contribution in [3.63, 3.8) is 0 Å². The molecule has 1 aliphatic rings. The molecule has 4 heterocycles. The summed E-state index contributed by atoms with van der Waals surface area (Å²) in [6, 6.07) is 9.19. The van der Waals surface area contributed by atoms with Crippen LogP contribution < -0.4 is 15.0 Å². The maximum Gasteiger partial charge on any atom is 0.211 e. The Morgan fingerprint density at radius 2 is 2.14 bits per heavy atom. The van der Waals surface area contributed by atoms with E-state index in [1.54, 1.807) is 29.4 Å². The van der Waals surface area contributed by atoms with E-state index >= 15 is 0 Å². The monoisotopic (exact) mass is 378 g/mol. The molecule has 1 aliphatic heterocycles. The summed E-state index contributed by atoms with van der Waals surface area (Å²) in [5.74, 6) is 1.66. The van der Waals surface area contributed by atoms with Crippen molar-refractivity contribution in [3.05, 3.63) is 48.5 Å². The van der Waals surface area contributed by atoms with Crippen molar-refractivity contribution >= 4 is 39.1 Å². The van der Waals surface area contributed by atoms with Crippen molar-refractivity contribution in [1.29, 1.82) is 0 Å². The first-order valence-electron chi connectivity index (χ1n) is 8.97. The summed E-state index contributed by atoms with van der Waals surface area (Å²) in [7, 11) is 0. The van der Waals surface area contributed by atoms with Crippen LogP contribution in [0.2, 0.25) is 0 Å². The molecule has 0 spiro atoms. The lowest BCUT2D eigenvalue weighted by Gasteiger charge is -2.24. The second kappa shape index (κ2) is 6.36. The Bertz CT molecular complexity index is 1190. The molecule has 0 bridgehead atoms. The first-order chi connectivity index (χ1) is 13.7. The number of hydrogen-bond donors (Lipinski definition) is 3. The summed E-state index contributed by atoms with van der Waals surface area (Å²) in [6.07, 6.45) is 2.37. The lowest BCUT2D eigenvalue weighted by Crippen LogP contribution is -2.31. The largest absolute Gasteiger partial charge is 0.491 e. The molecule has 1 aromatic carbocycles. The van der Waals surface area contributed by atoms with E-state index in [4.69, 9.17) is 9.15 Å². The van der Waals surface area contributed by atoms with E-state index in [9.17, 15) is 10.2 Å². The van der Waals surface area contributed by atoms with Crippen molar-refractivity contribution < 1.29 is 19.4 Å². The van der Waals surface area contributed by atoms with Crippen LogP contribution in [0, 0.1) is 0 Å². The minimum Gasteiger partial charge on any atom is -0.491 e. The van der Waals surface area contributed by atoms with E-state index in [1.165, 1.54) is 0 Å². The normalized spacial score (nSPS) is 15.8. The Labute approximate surface area is 160 Å². The molecular formula is C20H18N4O4. The first kappa shape index (κ1) is 16.8. The van der Waals surface area contributed by atoms with Gasteiger partial charge in [-0.15, -0.1) is 0 Å². The molecule has 3 N–H and O–H groups in total. The molecule has 0 amide bonds. The topological polar surface area (TPSA) is 104 Å². The van der Waals surface area contributed by atoms with Crippen molar-refractivity contribution in [1.82, 2.24) is 9.97 Å². The van der Waals surface area contributed by atoms with E-state index in [2.05, 4.69) is 15.3 Å². The Kier molecular flexibility index (Phi) is 3.81. The van der Waals surface area contributed by atoms with Crippen LogP contribution in [0.1, 0.15) is 12.7 Å². The fourth-order valence-corrected chi connectivity index (χ4v) is 3.58. The van der Waals surface area contributed by atoms with Crippen molar-refractivity contribution in [2.75, 3.05) is 16.8 Å². The predicted molar refractivity (Wildman–Crippen MR) is 105 cm³/mol. The number of ether oxygens (including phenoxy) is 1. The van der Waals surface area contributed by atoms with Gasteiger partial charge in [0.05, 0.1) is 12.1 Å². The average Bonchev–Trinajstić information content (AvgIpc) is 3.28. The number of hydrogen-bond acceptors (Lipinski definition) is 8. The summed E-state index contributed by atoms with van der Waals surface area (Å²) in [5, 5.41) is 24.6. The van der Waals surface area contributed by atoms with Gasteiger partial charge in [0.15, 0.2) is 5.82 Å². The molecule has 5 rings (SSSR count). The third-order valence-electron chi connectivity index (χ3n) is 4.75. The van der Waals surface area contributed by atoms with Gasteiger partial charge >= 0.3 is 0 Å². The lowest BCUT2D eigenvalue weighted by atomic mass is 10.1. The number of fused-ring (bicyclic) bond motifs is 4. The smallest absolute Gasteiger partial charge is 0.211 e. The van der Waals surface area contributed by atoms with E-state index in [1.807, 2.05) is 25.1 Å². The lowest BCUT2D eigenvalue weighted by molar-refractivity contribution is 0.215. The Morgan fingerprint density at radius 3 is 2.96 bits per heavy atom. The number of anilines is 3. The van der Waals surface area contributed by atoms with E-state index < -0.39 is 6.35 Å². The number of nitrogens with one attached hydrogen (secondary N) is 1. The Balaban J connectivity index is 1.70. The van der Waals surface area contributed by atoms with E-state index in [0.29, 0.717) is 35.2 Å². The number of rotatable bonds is 4. The summed E-state index contributed by atoms with van der Waals surface area (Å²) in [6.45, 7) is 2.23. The van der Waals surface area contributed by atoms with E-state index in [0.717, 1.165) is 22.0 Å². The molecule has 0 saturated heterocycles. The van der Waals surface area contributed by atoms with Crippen LogP contribution in [0.4, 0.5) is 17.2 Å². The zero-order valence-electron chi connectivity index (χ0n) is 15.1. The maximum absolute atomic E-state index is 10.6. The van der Waals surface area contributed by atoms with Crippen LogP contribution in [0.3, 0.4) is 0 Å². The van der Waals surface area contributed by atoms with Gasteiger partial charge in [-0.2, -0.15) is 0 Å². The highest BCUT2D eigenvalue weighted by Crippen LogP contribution is 2.45. The van der Waals surface area contributed by atoms with Gasteiger partial charge in [-0.05, 0) is 31.2 Å². The number of nitrogens with zero attached hydrogens (tertiary/aromatic N) is 3. The van der Waals surface area contributed by atoms with Crippen LogP contribution in [-0.2, 0) is 6.61 Å². The minimum atomic E-state index is -0.988. The van der Waals surface area contributed by atoms with Gasteiger partial charge in [0.2, 0.25) is 6.35 Å². The number of aliphatic hydroxyl groups excluding tert-OH is 2. The first-order valence-corrected chi connectivity index (χ1v) is 8.97. The minimum absolute atomic E-state index is 0.179. The van der Waals surface area contributed by atoms with Crippen LogP contribution >= 0.6 is 0 Å². The van der Waals surface area contributed by atoms with Gasteiger partial charge in [-0.25, -0.2) is 4.98 Å². The van der Waals surface area contributed by atoms with Crippen LogP contribution in [0.15, 0.2) is 47.1 Å². The molecule has 142 valence electrons. The molecule has 0 fully saturated rings. The number of aliphatic hydroxyl groups is 2. The molecule has 3 aromatic heterocycles. The third kappa shape index (κ3) is 2.46. The van der Waals surface area contributed by atoms with Crippen molar-refractivity contribution in [3.8, 4) is 5.75 Å².